The van der Waals surface area contributed by atoms with E-state index in [1.807, 2.05) is 72.8 Å². The Bertz CT molecular complexity index is 5290. The molecule has 17 aromatic rings. The van der Waals surface area contributed by atoms with Gasteiger partial charge in [-0.3, -0.25) is 0 Å². The van der Waals surface area contributed by atoms with Crippen LogP contribution in [0.15, 0.2) is 421 Å². The molecule has 492 valence electrons. The fraction of sp³-hybridized carbons (Fsp3) is 0. The van der Waals surface area contributed by atoms with Gasteiger partial charge in [0, 0.05) is 65.6 Å². The summed E-state index contributed by atoms with van der Waals surface area (Å²) in [7, 11) is 0. The minimum Gasteiger partial charge on any atom is -0.356 e. The second-order valence-corrected chi connectivity index (χ2v) is 26.7. The number of halogens is 2. The predicted octanol–water partition coefficient (Wildman–Crippen LogP) is 28.0. The van der Waals surface area contributed by atoms with E-state index < -0.39 is 0 Å². The van der Waals surface area contributed by atoms with Crippen LogP contribution in [0.25, 0.3) is 100.0 Å². The lowest BCUT2D eigenvalue weighted by molar-refractivity contribution is 1.28. The fourth-order valence-corrected chi connectivity index (χ4v) is 13.4. The summed E-state index contributed by atoms with van der Waals surface area (Å²) in [5.41, 5.74) is 26.6. The van der Waals surface area contributed by atoms with Gasteiger partial charge in [0.1, 0.15) is 0 Å². The van der Waals surface area contributed by atoms with Crippen LogP contribution in [-0.4, -0.2) is 9.97 Å². The van der Waals surface area contributed by atoms with Crippen LogP contribution in [0, 0.1) is 0 Å². The molecule has 0 saturated carbocycles. The van der Waals surface area contributed by atoms with E-state index in [1.165, 1.54) is 66.4 Å². The van der Waals surface area contributed by atoms with Crippen molar-refractivity contribution in [1.82, 2.24) is 9.97 Å². The topological polar surface area (TPSA) is 44.3 Å². The van der Waals surface area contributed by atoms with Crippen molar-refractivity contribution in [2.75, 3.05) is 15.1 Å². The zero-order chi connectivity index (χ0) is 69.5. The van der Waals surface area contributed by atoms with E-state index in [-0.39, 0.29) is 0 Å². The van der Waals surface area contributed by atoms with Crippen LogP contribution in [0.4, 0.5) is 45.5 Å². The number of aromatic nitrogens is 2. The van der Waals surface area contributed by atoms with E-state index in [2.05, 4.69) is 387 Å². The van der Waals surface area contributed by atoms with Gasteiger partial charge in [0.25, 0.3) is 0 Å². The molecule has 0 bridgehead atoms. The molecule has 1 aromatic heterocycles. The Morgan fingerprint density at radius 2 is 0.447 bits per heavy atom. The van der Waals surface area contributed by atoms with Crippen molar-refractivity contribution in [2.45, 2.75) is 0 Å². The Kier molecular flexibility index (Phi) is 20.5. The van der Waals surface area contributed by atoms with Crippen LogP contribution < -0.4 is 15.1 Å². The number of nitrogens with zero attached hydrogens (tertiary/aromatic N) is 4. The van der Waals surface area contributed by atoms with Crippen LogP contribution in [0.5, 0.6) is 0 Å². The van der Waals surface area contributed by atoms with Crippen molar-refractivity contribution in [1.29, 1.82) is 0 Å². The predicted molar refractivity (Wildman–Crippen MR) is 442 cm³/mol. The summed E-state index contributed by atoms with van der Waals surface area (Å²) in [5, 5.41) is 5.82. The van der Waals surface area contributed by atoms with Crippen LogP contribution >= 0.6 is 31.9 Å². The molecule has 1 N–H and O–H groups in total. The van der Waals surface area contributed by atoms with E-state index in [0.717, 1.165) is 88.0 Å². The van der Waals surface area contributed by atoms with Crippen LogP contribution in [0.3, 0.4) is 0 Å². The Morgan fingerprint density at radius 1 is 0.204 bits per heavy atom. The first-order valence-corrected chi connectivity index (χ1v) is 36.0. The molecular formula is C96H69Br2N5. The first-order chi connectivity index (χ1) is 50.9. The summed E-state index contributed by atoms with van der Waals surface area (Å²) in [6.45, 7) is 0. The molecule has 0 spiro atoms. The molecule has 0 aliphatic carbocycles. The molecule has 103 heavy (non-hydrogen) atoms. The summed E-state index contributed by atoms with van der Waals surface area (Å²) >= 11 is 6.98. The van der Waals surface area contributed by atoms with Gasteiger partial charge in [-0.1, -0.05) is 299 Å². The molecule has 0 atom stereocenters. The molecule has 0 aliphatic rings. The number of hydrogen-bond donors (Lipinski definition) is 1. The number of hydrogen-bond acceptors (Lipinski definition) is 5. The molecule has 1 heterocycles. The Balaban J connectivity index is 0.000000161. The number of nitrogens with one attached hydrogen (secondary N) is 1. The van der Waals surface area contributed by atoms with Crippen molar-refractivity contribution in [2.24, 2.45) is 0 Å². The first kappa shape index (κ1) is 66.4. The van der Waals surface area contributed by atoms with Gasteiger partial charge in [0.15, 0.2) is 0 Å². The highest BCUT2D eigenvalue weighted by Crippen LogP contribution is 2.43. The highest BCUT2D eigenvalue weighted by Gasteiger charge is 2.19. The molecular weight excluding hydrogens is 1380 g/mol. The largest absolute Gasteiger partial charge is 0.356 e. The number of para-hydroxylation sites is 5. The number of rotatable bonds is 15. The Labute approximate surface area is 619 Å². The van der Waals surface area contributed by atoms with Gasteiger partial charge in [-0.2, -0.15) is 0 Å². The SMILES string of the molecule is Brc1ccc(-c2nc3ccccc3nc2-c2ccc(Br)cc2)cc1.c1ccc(-c2ccc(N(c3ccccc3)c3ccc(-c4cc5ccccc5cc4-c4ccc(N(c5ccccc5)c5ccc(-c6ccccc6)cc5)cc4)cc3)cc2)cc1.c1ccc(Nc2ccc(-c3ccccc3)cc2)cc1. The molecule has 0 saturated heterocycles. The van der Waals surface area contributed by atoms with E-state index >= 15 is 0 Å². The molecule has 5 nitrogen and oxygen atoms in total. The summed E-state index contributed by atoms with van der Waals surface area (Å²) in [6, 6.07) is 145. The molecule has 16 aromatic carbocycles. The Morgan fingerprint density at radius 3 is 0.786 bits per heavy atom. The zero-order valence-corrected chi connectivity index (χ0v) is 59.5. The standard InChI is InChI=1S/C58H42N2.C20H12Br2N2.C18H15N/c1-5-15-43(16-6-1)45-25-33-53(34-26-45)59(51-21-9-3-10-22-51)55-37-29-47(30-38-55)57-41-49-19-13-14-20-50(49)42-58(57)48-31-39-56(40-32-48)60(52-23-11-4-12-24-52)54-35-27-46(28-36-54)44-17-7-2-8-18-44;21-15-9-5-13(6-10-15)19-20(14-7-11-16(22)12-8-14)24-18-4-2-1-3-17(18)23-19;1-3-7-15(8-4-1)16-11-13-18(14-12-16)19-17-9-5-2-6-10-17/h1-42H;1-12H;1-14,19H. The first-order valence-electron chi connectivity index (χ1n) is 34.4. The van der Waals surface area contributed by atoms with Crippen LogP contribution in [0.2, 0.25) is 0 Å². The second-order valence-electron chi connectivity index (χ2n) is 24.9. The zero-order valence-electron chi connectivity index (χ0n) is 56.3. The van der Waals surface area contributed by atoms with Crippen molar-refractivity contribution in [3.8, 4) is 78.1 Å². The number of anilines is 8. The monoisotopic (exact) mass is 1450 g/mol. The van der Waals surface area contributed by atoms with E-state index in [1.54, 1.807) is 0 Å². The summed E-state index contributed by atoms with van der Waals surface area (Å²) < 4.78 is 2.09. The molecule has 0 radical (unpaired) electrons. The molecule has 17 rings (SSSR count). The smallest absolute Gasteiger partial charge is 0.0973 e. The number of benzene rings is 16. The van der Waals surface area contributed by atoms with Crippen LogP contribution in [0.1, 0.15) is 0 Å². The van der Waals surface area contributed by atoms with Gasteiger partial charge in [-0.05, 0) is 212 Å². The average molecular weight is 1450 g/mol. The molecule has 7 heteroatoms. The van der Waals surface area contributed by atoms with Crippen molar-refractivity contribution < 1.29 is 0 Å². The van der Waals surface area contributed by atoms with E-state index in [4.69, 9.17) is 9.97 Å². The average Bonchev–Trinajstić information content (AvgIpc) is 0.785. The van der Waals surface area contributed by atoms with Crippen molar-refractivity contribution >= 4 is 99.2 Å². The van der Waals surface area contributed by atoms with Gasteiger partial charge in [0.2, 0.25) is 0 Å². The quantitative estimate of drug-likeness (QED) is 0.111. The third kappa shape index (κ3) is 15.9. The molecule has 0 amide bonds. The maximum atomic E-state index is 4.88. The minimum absolute atomic E-state index is 0.892. The highest BCUT2D eigenvalue weighted by atomic mass is 79.9. The van der Waals surface area contributed by atoms with Gasteiger partial charge < -0.3 is 15.1 Å². The molecule has 0 aliphatic heterocycles. The van der Waals surface area contributed by atoms with E-state index in [9.17, 15) is 0 Å². The highest BCUT2D eigenvalue weighted by molar-refractivity contribution is 9.10. The number of fused-ring (bicyclic) bond motifs is 2. The van der Waals surface area contributed by atoms with Gasteiger partial charge in [-0.15, -0.1) is 0 Å². The lowest BCUT2D eigenvalue weighted by Crippen LogP contribution is -2.09. The van der Waals surface area contributed by atoms with Gasteiger partial charge >= 0.3 is 0 Å². The summed E-state index contributed by atoms with van der Waals surface area (Å²) in [4.78, 5) is 14.4. The minimum atomic E-state index is 0.892. The van der Waals surface area contributed by atoms with Crippen molar-refractivity contribution in [3.63, 3.8) is 0 Å². The third-order valence-electron chi connectivity index (χ3n) is 18.1. The maximum Gasteiger partial charge on any atom is 0.0973 e. The third-order valence-corrected chi connectivity index (χ3v) is 19.2. The normalized spacial score (nSPS) is 10.8. The van der Waals surface area contributed by atoms with Gasteiger partial charge in [-0.25, -0.2) is 9.97 Å². The van der Waals surface area contributed by atoms with Crippen molar-refractivity contribution in [3.05, 3.63) is 421 Å². The lowest BCUT2D eigenvalue weighted by Gasteiger charge is -2.26. The fourth-order valence-electron chi connectivity index (χ4n) is 12.9. The molecule has 0 fully saturated rings. The second kappa shape index (κ2) is 31.8. The maximum absolute atomic E-state index is 4.88. The van der Waals surface area contributed by atoms with E-state index in [0.29, 0.717) is 0 Å². The summed E-state index contributed by atoms with van der Waals surface area (Å²) in [5.74, 6) is 0. The lowest BCUT2D eigenvalue weighted by atomic mass is 9.91. The Hall–Kier alpha value is -12.5. The van der Waals surface area contributed by atoms with Gasteiger partial charge in [0.05, 0.1) is 22.4 Å². The van der Waals surface area contributed by atoms with Crippen LogP contribution in [-0.2, 0) is 0 Å². The molecule has 0 unspecified atom stereocenters. The summed E-state index contributed by atoms with van der Waals surface area (Å²) in [6.07, 6.45) is 0.